The van der Waals surface area contributed by atoms with E-state index in [1.54, 1.807) is 0 Å². The number of allylic oxidation sites excluding steroid dienone is 2. The van der Waals surface area contributed by atoms with Crippen LogP contribution in [0.5, 0.6) is 0 Å². The molecule has 0 spiro atoms. The molecule has 1 nitrogen and oxygen atoms in total. The van der Waals surface area contributed by atoms with Crippen LogP contribution in [0.2, 0.25) is 0 Å². The summed E-state index contributed by atoms with van der Waals surface area (Å²) < 4.78 is 0. The number of rotatable bonds is 0. The van der Waals surface area contributed by atoms with Gasteiger partial charge in [-0.05, 0) is 32.3 Å². The average Bonchev–Trinajstić information content (AvgIpc) is 2.21. The Kier molecular flexibility index (Phi) is 6.38. The molecule has 0 saturated carbocycles. The minimum Gasteiger partial charge on any atom is -0.295 e. The molecule has 1 aliphatic carbocycles. The third-order valence-corrected chi connectivity index (χ3v) is 3.15. The first kappa shape index (κ1) is 12.5. The van der Waals surface area contributed by atoms with Crippen molar-refractivity contribution in [2.24, 2.45) is 0 Å². The summed E-state index contributed by atoms with van der Waals surface area (Å²) >= 11 is 0. The molecule has 0 N–H and O–H groups in total. The van der Waals surface area contributed by atoms with Gasteiger partial charge < -0.3 is 0 Å². The highest BCUT2D eigenvalue weighted by Gasteiger charge is 2.01. The Morgan fingerprint density at radius 3 is 1.87 bits per heavy atom. The Labute approximate surface area is 93.9 Å². The Morgan fingerprint density at radius 1 is 0.800 bits per heavy atom. The first-order valence-corrected chi connectivity index (χ1v) is 6.49. The van der Waals surface area contributed by atoms with Crippen LogP contribution in [0.4, 0.5) is 0 Å². The monoisotopic (exact) mass is 208 g/mol. The molecule has 0 saturated heterocycles. The molecular formula is C14H24O. The van der Waals surface area contributed by atoms with Crippen molar-refractivity contribution in [3.63, 3.8) is 0 Å². The van der Waals surface area contributed by atoms with Gasteiger partial charge in [0.2, 0.25) is 0 Å². The van der Waals surface area contributed by atoms with Crippen LogP contribution in [-0.4, -0.2) is 5.78 Å². The van der Waals surface area contributed by atoms with E-state index in [4.69, 9.17) is 0 Å². The Hall–Kier alpha value is -0.590. The maximum atomic E-state index is 11.5. The van der Waals surface area contributed by atoms with Gasteiger partial charge in [0, 0.05) is 6.42 Å². The first-order valence-electron chi connectivity index (χ1n) is 6.49. The van der Waals surface area contributed by atoms with E-state index in [9.17, 15) is 4.79 Å². The molecule has 1 aliphatic rings. The maximum Gasteiger partial charge on any atom is 0.155 e. The quantitative estimate of drug-likeness (QED) is 0.576. The summed E-state index contributed by atoms with van der Waals surface area (Å²) in [6.07, 6.45) is 14.1. The van der Waals surface area contributed by atoms with Gasteiger partial charge in [0.25, 0.3) is 0 Å². The van der Waals surface area contributed by atoms with Crippen molar-refractivity contribution in [2.75, 3.05) is 0 Å². The second kappa shape index (κ2) is 7.67. The van der Waals surface area contributed by atoms with Crippen molar-refractivity contribution in [3.8, 4) is 0 Å². The zero-order chi connectivity index (χ0) is 10.9. The molecule has 0 aromatic rings. The summed E-state index contributed by atoms with van der Waals surface area (Å²) in [6.45, 7) is 2.09. The van der Waals surface area contributed by atoms with Gasteiger partial charge in [0.1, 0.15) is 0 Å². The van der Waals surface area contributed by atoms with Gasteiger partial charge in [0.05, 0.1) is 0 Å². The van der Waals surface area contributed by atoms with Crippen LogP contribution in [0.1, 0.15) is 71.1 Å². The van der Waals surface area contributed by atoms with Crippen molar-refractivity contribution >= 4 is 5.78 Å². The normalized spacial score (nSPS) is 25.7. The molecule has 0 unspecified atom stereocenters. The van der Waals surface area contributed by atoms with Gasteiger partial charge >= 0.3 is 0 Å². The Bertz CT molecular complexity index is 215. The number of carbonyl (C=O) groups is 1. The fraction of sp³-hybridized carbons (Fsp3) is 0.786. The molecule has 0 amide bonds. The zero-order valence-corrected chi connectivity index (χ0v) is 10.1. The third kappa shape index (κ3) is 6.48. The summed E-state index contributed by atoms with van der Waals surface area (Å²) in [5, 5.41) is 0. The van der Waals surface area contributed by atoms with Crippen LogP contribution in [-0.2, 0) is 4.79 Å². The first-order chi connectivity index (χ1) is 7.29. The van der Waals surface area contributed by atoms with Crippen molar-refractivity contribution in [1.82, 2.24) is 0 Å². The van der Waals surface area contributed by atoms with Crippen molar-refractivity contribution in [3.05, 3.63) is 11.6 Å². The van der Waals surface area contributed by atoms with Crippen LogP contribution in [0.3, 0.4) is 0 Å². The summed E-state index contributed by atoms with van der Waals surface area (Å²) in [5.41, 5.74) is 1.28. The molecule has 0 aliphatic heterocycles. The number of hydrogen-bond donors (Lipinski definition) is 0. The van der Waals surface area contributed by atoms with E-state index in [0.29, 0.717) is 5.78 Å². The van der Waals surface area contributed by atoms with Crippen molar-refractivity contribution in [1.29, 1.82) is 0 Å². The van der Waals surface area contributed by atoms with Gasteiger partial charge in [-0.1, -0.05) is 44.1 Å². The Morgan fingerprint density at radius 2 is 1.27 bits per heavy atom. The lowest BCUT2D eigenvalue weighted by Gasteiger charge is -2.01. The van der Waals surface area contributed by atoms with Gasteiger partial charge in [-0.3, -0.25) is 4.79 Å². The van der Waals surface area contributed by atoms with Gasteiger partial charge in [-0.2, -0.15) is 0 Å². The molecule has 0 atom stereocenters. The summed E-state index contributed by atoms with van der Waals surface area (Å²) in [4.78, 5) is 11.5. The molecule has 0 fully saturated rings. The summed E-state index contributed by atoms with van der Waals surface area (Å²) in [5.74, 6) is 0.340. The van der Waals surface area contributed by atoms with E-state index in [1.165, 1.54) is 50.5 Å². The smallest absolute Gasteiger partial charge is 0.155 e. The summed E-state index contributed by atoms with van der Waals surface area (Å²) in [7, 11) is 0. The van der Waals surface area contributed by atoms with Crippen LogP contribution >= 0.6 is 0 Å². The van der Waals surface area contributed by atoms with E-state index >= 15 is 0 Å². The minimum atomic E-state index is 0.340. The van der Waals surface area contributed by atoms with Gasteiger partial charge in [-0.25, -0.2) is 0 Å². The second-order valence-corrected chi connectivity index (χ2v) is 4.79. The van der Waals surface area contributed by atoms with Crippen LogP contribution in [0, 0.1) is 0 Å². The maximum absolute atomic E-state index is 11.5. The molecule has 86 valence electrons. The summed E-state index contributed by atoms with van der Waals surface area (Å²) in [6, 6.07) is 0. The molecule has 0 bridgehead atoms. The standard InChI is InChI=1S/C14H24O/c1-13-10-8-6-4-2-3-5-7-9-11-14(15)12-13/h12H,2-11H2,1H3/b13-12-. The van der Waals surface area contributed by atoms with E-state index in [0.717, 1.165) is 19.3 Å². The zero-order valence-electron chi connectivity index (χ0n) is 10.1. The molecular weight excluding hydrogens is 184 g/mol. The minimum absolute atomic E-state index is 0.340. The molecule has 1 rings (SSSR count). The average molecular weight is 208 g/mol. The lowest BCUT2D eigenvalue weighted by Crippen LogP contribution is -1.94. The number of hydrogen-bond acceptors (Lipinski definition) is 1. The third-order valence-electron chi connectivity index (χ3n) is 3.15. The van der Waals surface area contributed by atoms with Crippen molar-refractivity contribution < 1.29 is 4.79 Å². The van der Waals surface area contributed by atoms with Crippen LogP contribution in [0.25, 0.3) is 0 Å². The Balaban J connectivity index is 2.37. The topological polar surface area (TPSA) is 17.1 Å². The highest BCUT2D eigenvalue weighted by Crippen LogP contribution is 2.15. The molecule has 1 heteroatoms. The van der Waals surface area contributed by atoms with Gasteiger partial charge in [0.15, 0.2) is 5.78 Å². The largest absolute Gasteiger partial charge is 0.295 e. The highest BCUT2D eigenvalue weighted by molar-refractivity contribution is 5.90. The molecule has 0 radical (unpaired) electrons. The molecule has 15 heavy (non-hydrogen) atoms. The van der Waals surface area contributed by atoms with Crippen LogP contribution < -0.4 is 0 Å². The lowest BCUT2D eigenvalue weighted by atomic mass is 10.1. The van der Waals surface area contributed by atoms with E-state index in [-0.39, 0.29) is 0 Å². The second-order valence-electron chi connectivity index (χ2n) is 4.79. The lowest BCUT2D eigenvalue weighted by molar-refractivity contribution is -0.114. The fourth-order valence-corrected chi connectivity index (χ4v) is 2.18. The predicted molar refractivity (Wildman–Crippen MR) is 64.9 cm³/mol. The fourth-order valence-electron chi connectivity index (χ4n) is 2.18. The van der Waals surface area contributed by atoms with Gasteiger partial charge in [-0.15, -0.1) is 0 Å². The highest BCUT2D eigenvalue weighted by atomic mass is 16.1. The van der Waals surface area contributed by atoms with Crippen LogP contribution in [0.15, 0.2) is 11.6 Å². The van der Waals surface area contributed by atoms with Crippen molar-refractivity contribution in [2.45, 2.75) is 71.1 Å². The molecule has 0 heterocycles. The SMILES string of the molecule is C/C1=C/C(=O)CCCCCCCCCC1. The van der Waals surface area contributed by atoms with E-state index < -0.39 is 0 Å². The molecule has 0 aromatic carbocycles. The predicted octanol–water partition coefficient (Wildman–Crippen LogP) is 4.42. The van der Waals surface area contributed by atoms with E-state index in [1.807, 2.05) is 6.08 Å². The number of carbonyl (C=O) groups excluding carboxylic acids is 1. The van der Waals surface area contributed by atoms with E-state index in [2.05, 4.69) is 6.92 Å². The molecule has 0 aromatic heterocycles. The number of ketones is 1.